The molecule has 11 heteroatoms. The molecule has 0 atom stereocenters. The molecule has 0 saturated heterocycles. The number of anilines is 1. The number of thioether (sulfide) groups is 1. The molecule has 5 rings (SSSR count). The van der Waals surface area contributed by atoms with Gasteiger partial charge in [-0.15, -0.1) is 11.3 Å². The molecule has 0 aliphatic carbocycles. The molecule has 2 aromatic heterocycles. The van der Waals surface area contributed by atoms with Crippen molar-refractivity contribution in [1.82, 2.24) is 10.2 Å². The third-order valence-corrected chi connectivity index (χ3v) is 8.38. The molecule has 0 unspecified atom stereocenters. The second-order valence-corrected chi connectivity index (χ2v) is 10.9. The van der Waals surface area contributed by atoms with E-state index < -0.39 is 11.6 Å². The number of H-pyrrole nitrogens is 1. The highest BCUT2D eigenvalue weighted by molar-refractivity contribution is 7.99. The average molecular weight is 552 g/mol. The minimum absolute atomic E-state index is 0.146. The van der Waals surface area contributed by atoms with Gasteiger partial charge in [-0.2, -0.15) is 0 Å². The number of hydrogen-bond donors (Lipinski definition) is 2. The number of rotatable bonds is 9. The second kappa shape index (κ2) is 11.8. The van der Waals surface area contributed by atoms with E-state index in [4.69, 9.17) is 9.26 Å². The number of ether oxygens (including phenoxy) is 1. The van der Waals surface area contributed by atoms with Crippen LogP contribution in [0.3, 0.4) is 0 Å². The first kappa shape index (κ1) is 26.0. The van der Waals surface area contributed by atoms with Gasteiger partial charge in [0, 0.05) is 48.8 Å². The predicted molar refractivity (Wildman–Crippen MR) is 145 cm³/mol. The summed E-state index contributed by atoms with van der Waals surface area (Å²) in [7, 11) is 1.35. The van der Waals surface area contributed by atoms with Crippen LogP contribution in [-0.4, -0.2) is 41.5 Å². The predicted octanol–water partition coefficient (Wildman–Crippen LogP) is 3.77. The fourth-order valence-corrected chi connectivity index (χ4v) is 6.61. The van der Waals surface area contributed by atoms with Crippen molar-refractivity contribution in [1.29, 1.82) is 0 Å². The van der Waals surface area contributed by atoms with Gasteiger partial charge < -0.3 is 10.1 Å². The summed E-state index contributed by atoms with van der Waals surface area (Å²) in [6.45, 7) is 2.33. The van der Waals surface area contributed by atoms with Crippen LogP contribution in [-0.2, 0) is 29.0 Å². The van der Waals surface area contributed by atoms with Gasteiger partial charge >= 0.3 is 16.6 Å². The lowest BCUT2D eigenvalue weighted by molar-refractivity contribution is -0.704. The number of nitrogens with one attached hydrogen (secondary N) is 2. The molecule has 0 fully saturated rings. The van der Waals surface area contributed by atoms with Crippen LogP contribution in [0.1, 0.15) is 32.8 Å². The molecule has 1 amide bonds. The fraction of sp³-hybridized carbons (Fsp3) is 0.259. The molecule has 196 valence electrons. The van der Waals surface area contributed by atoms with Crippen molar-refractivity contribution in [3.05, 3.63) is 92.7 Å². The SMILES string of the molecule is COC(=O)c1c(NC(=O)CCSc2c(=O)o[nH][n+]2-c2ccccc2)sc2c1CCN(Cc1ccccc1)C2. The number of nitrogens with zero attached hydrogens (tertiary/aromatic N) is 2. The highest BCUT2D eigenvalue weighted by Gasteiger charge is 2.30. The van der Waals surface area contributed by atoms with Crippen LogP contribution < -0.4 is 15.6 Å². The third-order valence-electron chi connectivity index (χ3n) is 6.22. The first-order chi connectivity index (χ1) is 18.5. The summed E-state index contributed by atoms with van der Waals surface area (Å²) in [5, 5.41) is 6.38. The maximum Gasteiger partial charge on any atom is 0.442 e. The molecule has 0 radical (unpaired) electrons. The number of fused-ring (bicyclic) bond motifs is 1. The van der Waals surface area contributed by atoms with Crippen LogP contribution in [0.4, 0.5) is 5.00 Å². The molecule has 4 aromatic rings. The van der Waals surface area contributed by atoms with E-state index in [1.54, 1.807) is 4.68 Å². The van der Waals surface area contributed by atoms with Crippen LogP contribution in [0, 0.1) is 0 Å². The molecule has 2 N–H and O–H groups in total. The zero-order chi connectivity index (χ0) is 26.5. The van der Waals surface area contributed by atoms with Crippen molar-refractivity contribution in [2.75, 3.05) is 24.7 Å². The summed E-state index contributed by atoms with van der Waals surface area (Å²) < 4.78 is 11.6. The lowest BCUT2D eigenvalue weighted by Crippen LogP contribution is -2.36. The number of carbonyl (C=O) groups is 2. The summed E-state index contributed by atoms with van der Waals surface area (Å²) in [6, 6.07) is 19.5. The molecule has 0 spiro atoms. The summed E-state index contributed by atoms with van der Waals surface area (Å²) >= 11 is 2.65. The van der Waals surface area contributed by atoms with Gasteiger partial charge in [-0.25, -0.2) is 9.59 Å². The van der Waals surface area contributed by atoms with Gasteiger partial charge in [0.15, 0.2) is 0 Å². The van der Waals surface area contributed by atoms with Crippen molar-refractivity contribution in [2.45, 2.75) is 31.0 Å². The summed E-state index contributed by atoms with van der Waals surface area (Å²) in [6.07, 6.45) is 0.852. The molecule has 38 heavy (non-hydrogen) atoms. The molecular weight excluding hydrogens is 524 g/mol. The Morgan fingerprint density at radius 2 is 1.89 bits per heavy atom. The van der Waals surface area contributed by atoms with Crippen LogP contribution >= 0.6 is 23.1 Å². The van der Waals surface area contributed by atoms with Crippen LogP contribution in [0.25, 0.3) is 5.69 Å². The standard InChI is InChI=1S/C27H26N4O5S2/c1-35-26(33)23-20-12-14-30(16-18-8-4-2-5-9-18)17-21(20)38-24(23)28-22(32)13-15-37-25-27(34)36-29-31(25)19-10-6-3-7-11-19/h2-11H,12-17H2,1H3,(H-,28,29,32,33,34)/p+1. The minimum atomic E-state index is -0.502. The number of esters is 1. The van der Waals surface area contributed by atoms with Gasteiger partial charge in [-0.3, -0.25) is 14.2 Å². The molecule has 2 aromatic carbocycles. The zero-order valence-electron chi connectivity index (χ0n) is 20.8. The van der Waals surface area contributed by atoms with Gasteiger partial charge in [0.2, 0.25) is 11.6 Å². The quantitative estimate of drug-likeness (QED) is 0.185. The van der Waals surface area contributed by atoms with Gasteiger partial charge in [0.05, 0.1) is 12.7 Å². The number of amides is 1. The molecule has 3 heterocycles. The van der Waals surface area contributed by atoms with Crippen molar-refractivity contribution >= 4 is 40.0 Å². The summed E-state index contributed by atoms with van der Waals surface area (Å²) in [5.74, 6) is -0.337. The lowest BCUT2D eigenvalue weighted by Gasteiger charge is -2.27. The summed E-state index contributed by atoms with van der Waals surface area (Å²) in [5.41, 5.74) is 2.87. The normalized spacial score (nSPS) is 13.2. The Labute approximate surface area is 227 Å². The van der Waals surface area contributed by atoms with E-state index >= 15 is 0 Å². The van der Waals surface area contributed by atoms with Crippen molar-refractivity contribution in [2.24, 2.45) is 0 Å². The first-order valence-electron chi connectivity index (χ1n) is 12.1. The smallest absolute Gasteiger partial charge is 0.442 e. The van der Waals surface area contributed by atoms with Crippen LogP contribution in [0.2, 0.25) is 0 Å². The Morgan fingerprint density at radius 1 is 1.16 bits per heavy atom. The molecular formula is C27H27N4O5S2+. The monoisotopic (exact) mass is 551 g/mol. The molecule has 1 aliphatic heterocycles. The average Bonchev–Trinajstić information content (AvgIpc) is 3.48. The number of hydrogen-bond acceptors (Lipinski definition) is 8. The number of aromatic amines is 1. The minimum Gasteiger partial charge on any atom is -0.465 e. The Balaban J connectivity index is 1.25. The molecule has 1 aliphatic rings. The first-order valence-corrected chi connectivity index (χ1v) is 13.9. The van der Waals surface area contributed by atoms with Gasteiger partial charge in [0.25, 0.3) is 0 Å². The molecule has 0 bridgehead atoms. The zero-order valence-corrected chi connectivity index (χ0v) is 22.4. The van der Waals surface area contributed by atoms with E-state index in [1.165, 1.54) is 35.8 Å². The van der Waals surface area contributed by atoms with E-state index in [1.807, 2.05) is 48.5 Å². The highest BCUT2D eigenvalue weighted by Crippen LogP contribution is 2.38. The highest BCUT2D eigenvalue weighted by atomic mass is 32.2. The maximum atomic E-state index is 12.9. The van der Waals surface area contributed by atoms with Gasteiger partial charge in [0.1, 0.15) is 5.00 Å². The van der Waals surface area contributed by atoms with E-state index in [9.17, 15) is 14.4 Å². The van der Waals surface area contributed by atoms with Crippen molar-refractivity contribution in [3.8, 4) is 5.69 Å². The molecule has 0 saturated carbocycles. The van der Waals surface area contributed by atoms with E-state index in [2.05, 4.69) is 27.6 Å². The number of thiophene rings is 1. The second-order valence-electron chi connectivity index (χ2n) is 8.75. The maximum absolute atomic E-state index is 12.9. The molecule has 9 nitrogen and oxygen atoms in total. The number of carbonyl (C=O) groups excluding carboxylic acids is 2. The third kappa shape index (κ3) is 5.74. The van der Waals surface area contributed by atoms with E-state index in [0.29, 0.717) is 34.3 Å². The fourth-order valence-electron chi connectivity index (χ4n) is 4.40. The Kier molecular flexibility index (Phi) is 8.06. The van der Waals surface area contributed by atoms with Gasteiger partial charge in [-0.1, -0.05) is 48.5 Å². The summed E-state index contributed by atoms with van der Waals surface area (Å²) in [4.78, 5) is 41.1. The number of aromatic nitrogens is 2. The largest absolute Gasteiger partial charge is 0.465 e. The van der Waals surface area contributed by atoms with Crippen LogP contribution in [0.15, 0.2) is 75.0 Å². The van der Waals surface area contributed by atoms with E-state index in [0.717, 1.165) is 29.2 Å². The Morgan fingerprint density at radius 3 is 2.63 bits per heavy atom. The Bertz CT molecular complexity index is 1480. The topological polar surface area (TPSA) is 109 Å². The van der Waals surface area contributed by atoms with Crippen LogP contribution in [0.5, 0.6) is 0 Å². The number of methoxy groups -OCH3 is 1. The van der Waals surface area contributed by atoms with Gasteiger partial charge in [-0.05, 0) is 39.3 Å². The number of benzene rings is 2. The van der Waals surface area contributed by atoms with Crippen molar-refractivity contribution < 1.29 is 23.5 Å². The lowest BCUT2D eigenvalue weighted by atomic mass is 10.0. The van der Waals surface area contributed by atoms with Crippen molar-refractivity contribution in [3.63, 3.8) is 0 Å². The Hall–Kier alpha value is -3.67. The number of para-hydroxylation sites is 1. The van der Waals surface area contributed by atoms with E-state index in [-0.39, 0.29) is 12.3 Å².